The first kappa shape index (κ1) is 18.7. The van der Waals surface area contributed by atoms with E-state index in [1.54, 1.807) is 6.20 Å². The van der Waals surface area contributed by atoms with Gasteiger partial charge in [0.2, 0.25) is 0 Å². The van der Waals surface area contributed by atoms with Crippen LogP contribution in [-0.2, 0) is 32.7 Å². The molecule has 3 aromatic rings. The number of aryl methyl sites for hydroxylation is 2. The highest BCUT2D eigenvalue weighted by Crippen LogP contribution is 2.24. The lowest BCUT2D eigenvalue weighted by atomic mass is 10.0. The average molecular weight is 391 g/mol. The average Bonchev–Trinajstić information content (AvgIpc) is 3.16. The third kappa shape index (κ3) is 4.45. The number of fused-ring (bicyclic) bond motifs is 1. The molecule has 2 aromatic carbocycles. The second-order valence-corrected chi connectivity index (χ2v) is 7.02. The van der Waals surface area contributed by atoms with Crippen molar-refractivity contribution in [1.82, 2.24) is 14.7 Å². The van der Waals surface area contributed by atoms with E-state index in [1.165, 1.54) is 15.6 Å². The van der Waals surface area contributed by atoms with Crippen molar-refractivity contribution < 1.29 is 14.6 Å². The smallest absolute Gasteiger partial charge is 0.407 e. The van der Waals surface area contributed by atoms with Gasteiger partial charge in [-0.2, -0.15) is 5.10 Å². The summed E-state index contributed by atoms with van der Waals surface area (Å²) >= 11 is 0. The molecule has 1 aliphatic rings. The number of nitrogens with zero attached hydrogens (tertiary/aromatic N) is 3. The summed E-state index contributed by atoms with van der Waals surface area (Å²) in [6.07, 6.45) is 1.28. The van der Waals surface area contributed by atoms with E-state index in [1.807, 2.05) is 48.5 Å². The topological polar surface area (TPSA) is 84.7 Å². The van der Waals surface area contributed by atoms with Crippen LogP contribution in [0.15, 0.2) is 65.6 Å². The standard InChI is InChI=1S/C22H21N3O4/c26-21-11-20(29-15-17-4-2-1-3-5-17)12-23-25(21)9-8-16-6-7-18-13-24(22(27)28)14-19(18)10-16/h1-7,10-12H,8-9,13-15H2,(H,27,28). The summed E-state index contributed by atoms with van der Waals surface area (Å²) < 4.78 is 7.05. The summed E-state index contributed by atoms with van der Waals surface area (Å²) in [5.41, 5.74) is 3.92. The lowest BCUT2D eigenvalue weighted by molar-refractivity contribution is 0.145. The molecule has 29 heavy (non-hydrogen) atoms. The Morgan fingerprint density at radius 2 is 1.83 bits per heavy atom. The molecule has 0 bridgehead atoms. The molecule has 1 amide bonds. The Hall–Kier alpha value is -3.61. The van der Waals surface area contributed by atoms with E-state index in [-0.39, 0.29) is 5.56 Å². The molecule has 1 aliphatic heterocycles. The van der Waals surface area contributed by atoms with E-state index in [0.717, 1.165) is 22.3 Å². The zero-order valence-electron chi connectivity index (χ0n) is 15.8. The van der Waals surface area contributed by atoms with Crippen LogP contribution < -0.4 is 10.3 Å². The predicted octanol–water partition coefficient (Wildman–Crippen LogP) is 3.06. The number of benzene rings is 2. The van der Waals surface area contributed by atoms with E-state index in [0.29, 0.717) is 38.4 Å². The van der Waals surface area contributed by atoms with Gasteiger partial charge in [-0.3, -0.25) is 9.69 Å². The Kier molecular flexibility index (Phi) is 5.29. The second kappa shape index (κ2) is 8.18. The van der Waals surface area contributed by atoms with Gasteiger partial charge in [-0.15, -0.1) is 0 Å². The molecular weight excluding hydrogens is 370 g/mol. The maximum atomic E-state index is 12.3. The van der Waals surface area contributed by atoms with Gasteiger partial charge in [0.1, 0.15) is 12.4 Å². The number of hydrogen-bond acceptors (Lipinski definition) is 4. The molecule has 1 aromatic heterocycles. The third-order valence-electron chi connectivity index (χ3n) is 4.97. The van der Waals surface area contributed by atoms with Gasteiger partial charge in [-0.05, 0) is 28.7 Å². The van der Waals surface area contributed by atoms with Crippen molar-refractivity contribution in [3.63, 3.8) is 0 Å². The Morgan fingerprint density at radius 1 is 1.03 bits per heavy atom. The Labute approximate surface area is 167 Å². The van der Waals surface area contributed by atoms with Crippen LogP contribution in [-0.4, -0.2) is 25.9 Å². The van der Waals surface area contributed by atoms with Crippen LogP contribution in [0, 0.1) is 0 Å². The van der Waals surface area contributed by atoms with Crippen molar-refractivity contribution in [2.45, 2.75) is 32.7 Å². The maximum absolute atomic E-state index is 12.3. The fourth-order valence-corrected chi connectivity index (χ4v) is 3.38. The van der Waals surface area contributed by atoms with Crippen molar-refractivity contribution in [2.24, 2.45) is 0 Å². The zero-order valence-corrected chi connectivity index (χ0v) is 15.8. The van der Waals surface area contributed by atoms with Crippen molar-refractivity contribution in [3.05, 3.63) is 93.4 Å². The number of carbonyl (C=O) groups is 1. The molecule has 7 nitrogen and oxygen atoms in total. The van der Waals surface area contributed by atoms with E-state index < -0.39 is 6.09 Å². The zero-order chi connectivity index (χ0) is 20.2. The van der Waals surface area contributed by atoms with Crippen LogP contribution in [0.25, 0.3) is 0 Å². The Morgan fingerprint density at radius 3 is 2.59 bits per heavy atom. The summed E-state index contributed by atoms with van der Waals surface area (Å²) in [7, 11) is 0. The summed E-state index contributed by atoms with van der Waals surface area (Å²) in [5.74, 6) is 0.446. The fraction of sp³-hybridized carbons (Fsp3) is 0.227. The molecule has 0 radical (unpaired) electrons. The molecule has 0 saturated carbocycles. The number of ether oxygens (including phenoxy) is 1. The van der Waals surface area contributed by atoms with Gasteiger partial charge in [-0.1, -0.05) is 48.5 Å². The number of rotatable bonds is 6. The molecule has 148 valence electrons. The highest BCUT2D eigenvalue weighted by Gasteiger charge is 2.22. The minimum atomic E-state index is -0.909. The van der Waals surface area contributed by atoms with Gasteiger partial charge in [-0.25, -0.2) is 9.48 Å². The summed E-state index contributed by atoms with van der Waals surface area (Å²) in [6, 6.07) is 17.1. The normalized spacial score (nSPS) is 12.6. The molecular formula is C22H21N3O4. The van der Waals surface area contributed by atoms with E-state index in [2.05, 4.69) is 5.10 Å². The first-order valence-corrected chi connectivity index (χ1v) is 9.41. The lowest BCUT2D eigenvalue weighted by Gasteiger charge is -2.09. The van der Waals surface area contributed by atoms with Crippen molar-refractivity contribution in [3.8, 4) is 5.75 Å². The Bertz CT molecular complexity index is 1080. The van der Waals surface area contributed by atoms with Crippen molar-refractivity contribution in [2.75, 3.05) is 0 Å². The van der Waals surface area contributed by atoms with E-state index in [9.17, 15) is 9.59 Å². The predicted molar refractivity (Wildman–Crippen MR) is 107 cm³/mol. The second-order valence-electron chi connectivity index (χ2n) is 7.02. The maximum Gasteiger partial charge on any atom is 0.407 e. The molecule has 0 atom stereocenters. The van der Waals surface area contributed by atoms with Crippen LogP contribution in [0.3, 0.4) is 0 Å². The number of aromatic nitrogens is 2. The minimum absolute atomic E-state index is 0.214. The van der Waals surface area contributed by atoms with Gasteiger partial charge >= 0.3 is 6.09 Å². The van der Waals surface area contributed by atoms with Crippen LogP contribution in [0.1, 0.15) is 22.3 Å². The number of amides is 1. The quantitative estimate of drug-likeness (QED) is 0.698. The minimum Gasteiger partial charge on any atom is -0.487 e. The van der Waals surface area contributed by atoms with E-state index in [4.69, 9.17) is 9.84 Å². The van der Waals surface area contributed by atoms with E-state index >= 15 is 0 Å². The summed E-state index contributed by atoms with van der Waals surface area (Å²) in [4.78, 5) is 24.8. The molecule has 0 aliphatic carbocycles. The lowest BCUT2D eigenvalue weighted by Crippen LogP contribution is -2.23. The van der Waals surface area contributed by atoms with Crippen molar-refractivity contribution >= 4 is 6.09 Å². The number of hydrogen-bond donors (Lipinski definition) is 1. The molecule has 0 fully saturated rings. The Balaban J connectivity index is 1.36. The largest absolute Gasteiger partial charge is 0.487 e. The summed E-state index contributed by atoms with van der Waals surface area (Å²) in [5, 5.41) is 13.3. The number of carboxylic acid groups (broad SMARTS) is 1. The fourth-order valence-electron chi connectivity index (χ4n) is 3.38. The van der Waals surface area contributed by atoms with Gasteiger partial charge < -0.3 is 9.84 Å². The molecule has 0 saturated heterocycles. The van der Waals surface area contributed by atoms with Crippen LogP contribution >= 0.6 is 0 Å². The first-order valence-electron chi connectivity index (χ1n) is 9.41. The highest BCUT2D eigenvalue weighted by molar-refractivity contribution is 5.66. The molecule has 2 heterocycles. The third-order valence-corrected chi connectivity index (χ3v) is 4.97. The first-order chi connectivity index (χ1) is 14.1. The van der Waals surface area contributed by atoms with Crippen LogP contribution in [0.5, 0.6) is 5.75 Å². The summed E-state index contributed by atoms with van der Waals surface area (Å²) in [6.45, 7) is 1.66. The van der Waals surface area contributed by atoms with Gasteiger partial charge in [0.05, 0.1) is 6.20 Å². The van der Waals surface area contributed by atoms with Gasteiger partial charge in [0.15, 0.2) is 0 Å². The van der Waals surface area contributed by atoms with Crippen LogP contribution in [0.4, 0.5) is 4.79 Å². The molecule has 1 N–H and O–H groups in total. The molecule has 7 heteroatoms. The molecule has 4 rings (SSSR count). The van der Waals surface area contributed by atoms with Crippen LogP contribution in [0.2, 0.25) is 0 Å². The van der Waals surface area contributed by atoms with Gasteiger partial charge in [0.25, 0.3) is 5.56 Å². The monoisotopic (exact) mass is 391 g/mol. The van der Waals surface area contributed by atoms with Gasteiger partial charge in [0, 0.05) is 25.7 Å². The molecule has 0 unspecified atom stereocenters. The SMILES string of the molecule is O=C(O)N1Cc2ccc(CCn3ncc(OCc4ccccc4)cc3=O)cc2C1. The van der Waals surface area contributed by atoms with Crippen molar-refractivity contribution in [1.29, 1.82) is 0 Å². The highest BCUT2D eigenvalue weighted by atomic mass is 16.5. The molecule has 0 spiro atoms.